The van der Waals surface area contributed by atoms with E-state index in [2.05, 4.69) is 26.6 Å². The molecule has 0 aromatic heterocycles. The molecule has 4 rings (SSSR count). The van der Waals surface area contributed by atoms with E-state index >= 15 is 0 Å². The molecule has 0 radical (unpaired) electrons. The van der Waals surface area contributed by atoms with Crippen molar-refractivity contribution in [3.8, 4) is 11.5 Å². The summed E-state index contributed by atoms with van der Waals surface area (Å²) in [5, 5.41) is 14.9. The molecular formula is C34H34BrN3O6. The molecule has 0 aliphatic rings. The number of hydrogen-bond donors (Lipinski definition) is 4. The number of para-hydroxylation sites is 4. The van der Waals surface area contributed by atoms with Gasteiger partial charge in [-0.05, 0) is 73.5 Å². The molecule has 0 heterocycles. The number of ether oxygens (including phenoxy) is 3. The maximum atomic E-state index is 13.2. The van der Waals surface area contributed by atoms with Gasteiger partial charge in [-0.15, -0.1) is 0 Å². The molecule has 9 nitrogen and oxygen atoms in total. The van der Waals surface area contributed by atoms with Gasteiger partial charge in [0.2, 0.25) is 5.91 Å². The zero-order chi connectivity index (χ0) is 31.1. The number of nitrogens with one attached hydrogen (secondary N) is 2. The molecule has 4 aromatic carbocycles. The van der Waals surface area contributed by atoms with E-state index in [-0.39, 0.29) is 19.1 Å². The lowest BCUT2D eigenvalue weighted by Gasteiger charge is -2.29. The average Bonchev–Trinajstić information content (AvgIpc) is 3.03. The van der Waals surface area contributed by atoms with E-state index in [1.165, 1.54) is 6.08 Å². The van der Waals surface area contributed by atoms with Gasteiger partial charge >= 0.3 is 6.09 Å². The fourth-order valence-electron chi connectivity index (χ4n) is 4.32. The predicted molar refractivity (Wildman–Crippen MR) is 175 cm³/mol. The molecule has 2 amide bonds. The first kappa shape index (κ1) is 32.1. The number of anilines is 3. The third-order valence-corrected chi connectivity index (χ3v) is 6.90. The fourth-order valence-corrected chi connectivity index (χ4v) is 4.58. The van der Waals surface area contributed by atoms with Crippen molar-refractivity contribution in [2.75, 3.05) is 29.6 Å². The van der Waals surface area contributed by atoms with Crippen molar-refractivity contribution in [3.05, 3.63) is 125 Å². The third-order valence-electron chi connectivity index (χ3n) is 6.37. The van der Waals surface area contributed by atoms with Crippen LogP contribution in [0.4, 0.5) is 21.9 Å². The number of halogens is 1. The Kier molecular flexibility index (Phi) is 12.2. The number of hydrogen-bond acceptors (Lipinski definition) is 7. The maximum Gasteiger partial charge on any atom is 0.412 e. The Morgan fingerprint density at radius 3 is 2.34 bits per heavy atom. The summed E-state index contributed by atoms with van der Waals surface area (Å²) in [5.41, 5.74) is 8.04. The minimum atomic E-state index is -0.924. The van der Waals surface area contributed by atoms with Crippen LogP contribution in [0.25, 0.3) is 0 Å². The number of carbonyl (C=O) groups excluding carboxylic acids is 2. The summed E-state index contributed by atoms with van der Waals surface area (Å²) in [6, 6.07) is 30.4. The largest absolute Gasteiger partial charge is 0.491 e. The highest BCUT2D eigenvalue weighted by Gasteiger charge is 2.31. The minimum absolute atomic E-state index is 0.0583. The Morgan fingerprint density at radius 2 is 1.59 bits per heavy atom. The molecule has 0 unspecified atom stereocenters. The zero-order valence-corrected chi connectivity index (χ0v) is 25.5. The molecular weight excluding hydrogens is 626 g/mol. The molecule has 4 aromatic rings. The first-order chi connectivity index (χ1) is 21.4. The van der Waals surface area contributed by atoms with Crippen molar-refractivity contribution in [3.63, 3.8) is 0 Å². The van der Waals surface area contributed by atoms with Crippen LogP contribution in [0.2, 0.25) is 0 Å². The third kappa shape index (κ3) is 9.89. The molecule has 0 fully saturated rings. The normalized spacial score (nSPS) is 12.2. The Morgan fingerprint density at radius 1 is 0.886 bits per heavy atom. The number of aliphatic hydroxyl groups excluding tert-OH is 1. The van der Waals surface area contributed by atoms with Gasteiger partial charge in [-0.1, -0.05) is 70.5 Å². The molecule has 228 valence electrons. The van der Waals surface area contributed by atoms with Crippen LogP contribution in [0.1, 0.15) is 24.5 Å². The minimum Gasteiger partial charge on any atom is -0.491 e. The van der Waals surface area contributed by atoms with E-state index in [1.807, 2.05) is 36.4 Å². The van der Waals surface area contributed by atoms with Crippen LogP contribution in [-0.4, -0.2) is 36.4 Å². The topological polar surface area (TPSA) is 132 Å². The van der Waals surface area contributed by atoms with Crippen molar-refractivity contribution in [2.24, 2.45) is 0 Å². The summed E-state index contributed by atoms with van der Waals surface area (Å²) in [6.45, 7) is -0.127. The number of nitrogens with two attached hydrogens (primary N) is 1. The molecule has 2 atom stereocenters. The summed E-state index contributed by atoms with van der Waals surface area (Å²) < 4.78 is 19.1. The van der Waals surface area contributed by atoms with Crippen LogP contribution in [0.5, 0.6) is 11.5 Å². The van der Waals surface area contributed by atoms with E-state index in [9.17, 15) is 14.7 Å². The van der Waals surface area contributed by atoms with Crippen LogP contribution in [0.3, 0.4) is 0 Å². The molecule has 0 aliphatic carbocycles. The van der Waals surface area contributed by atoms with Gasteiger partial charge in [0.1, 0.15) is 24.2 Å². The summed E-state index contributed by atoms with van der Waals surface area (Å²) in [7, 11) is 0. The summed E-state index contributed by atoms with van der Waals surface area (Å²) in [4.78, 5) is 25.8. The van der Waals surface area contributed by atoms with Gasteiger partial charge in [0.15, 0.2) is 6.10 Å². The van der Waals surface area contributed by atoms with Crippen molar-refractivity contribution >= 4 is 45.0 Å². The van der Waals surface area contributed by atoms with E-state index in [0.717, 1.165) is 4.47 Å². The molecule has 0 bridgehead atoms. The Hall–Kier alpha value is -4.80. The lowest BCUT2D eigenvalue weighted by molar-refractivity contribution is -0.111. The van der Waals surface area contributed by atoms with Gasteiger partial charge in [-0.25, -0.2) is 4.79 Å². The Labute approximate surface area is 264 Å². The van der Waals surface area contributed by atoms with Crippen molar-refractivity contribution in [1.29, 1.82) is 0 Å². The van der Waals surface area contributed by atoms with E-state index < -0.39 is 18.3 Å². The second-order valence-corrected chi connectivity index (χ2v) is 10.5. The van der Waals surface area contributed by atoms with Crippen LogP contribution in [-0.2, 0) is 9.53 Å². The number of nitrogen functional groups attached to an aromatic ring is 1. The van der Waals surface area contributed by atoms with Gasteiger partial charge in [-0.3, -0.25) is 10.1 Å². The lowest BCUT2D eigenvalue weighted by Crippen LogP contribution is -2.31. The van der Waals surface area contributed by atoms with Crippen molar-refractivity contribution in [1.82, 2.24) is 0 Å². The van der Waals surface area contributed by atoms with Crippen LogP contribution in [0, 0.1) is 0 Å². The monoisotopic (exact) mass is 659 g/mol. The smallest absolute Gasteiger partial charge is 0.412 e. The highest BCUT2D eigenvalue weighted by Crippen LogP contribution is 2.35. The van der Waals surface area contributed by atoms with Crippen molar-refractivity contribution in [2.45, 2.75) is 25.0 Å². The fraction of sp³-hybridized carbons (Fsp3) is 0.176. The molecule has 0 spiro atoms. The van der Waals surface area contributed by atoms with E-state index in [4.69, 9.17) is 19.9 Å². The molecule has 0 aliphatic heterocycles. The van der Waals surface area contributed by atoms with Gasteiger partial charge in [-0.2, -0.15) is 0 Å². The Balaban J connectivity index is 1.58. The Bertz CT molecular complexity index is 1530. The molecule has 10 heteroatoms. The molecule has 0 saturated carbocycles. The highest BCUT2D eigenvalue weighted by atomic mass is 79.9. The standard InChI is InChI=1S/C34H34BrN3O6/c35-24-18-20-25(21-19-24)37-34(41)44-33(27-12-4-7-15-30(27)42-23-22-39)31(43-26-10-2-1-3-11-26)16-8-9-17-32(40)38-29-14-6-5-13-28(29)36/h1-7,9-15,17-21,31,33,39H,8,16,22-23,36H2,(H,37,41)(H,38,40)/b17-9+/t31-,33-/m0/s1. The highest BCUT2D eigenvalue weighted by molar-refractivity contribution is 9.10. The average molecular weight is 661 g/mol. The van der Waals surface area contributed by atoms with Gasteiger partial charge in [0.25, 0.3) is 0 Å². The molecule has 5 N–H and O–H groups in total. The molecule has 44 heavy (non-hydrogen) atoms. The number of benzene rings is 4. The second kappa shape index (κ2) is 16.7. The zero-order valence-electron chi connectivity index (χ0n) is 23.9. The van der Waals surface area contributed by atoms with Gasteiger partial charge in [0.05, 0.1) is 18.0 Å². The van der Waals surface area contributed by atoms with E-state index in [0.29, 0.717) is 47.0 Å². The van der Waals surface area contributed by atoms with E-state index in [1.54, 1.807) is 72.8 Å². The first-order valence-corrected chi connectivity index (χ1v) is 14.8. The van der Waals surface area contributed by atoms with Crippen LogP contribution < -0.4 is 25.8 Å². The number of aliphatic hydroxyl groups is 1. The quantitative estimate of drug-likeness (QED) is 0.0837. The first-order valence-electron chi connectivity index (χ1n) is 14.0. The second-order valence-electron chi connectivity index (χ2n) is 9.59. The van der Waals surface area contributed by atoms with Gasteiger partial charge in [0, 0.05) is 15.7 Å². The van der Waals surface area contributed by atoms with Crippen LogP contribution in [0.15, 0.2) is 120 Å². The lowest BCUT2D eigenvalue weighted by atomic mass is 9.99. The van der Waals surface area contributed by atoms with Crippen molar-refractivity contribution < 1.29 is 28.9 Å². The summed E-state index contributed by atoms with van der Waals surface area (Å²) >= 11 is 3.39. The number of allylic oxidation sites excluding steroid dienone is 1. The predicted octanol–water partition coefficient (Wildman–Crippen LogP) is 7.11. The number of carbonyl (C=O) groups is 2. The number of rotatable bonds is 14. The summed E-state index contributed by atoms with van der Waals surface area (Å²) in [6.07, 6.45) is 1.64. The van der Waals surface area contributed by atoms with Gasteiger partial charge < -0.3 is 30.4 Å². The maximum absolute atomic E-state index is 13.2. The van der Waals surface area contributed by atoms with Crippen LogP contribution >= 0.6 is 15.9 Å². The SMILES string of the molecule is Nc1ccccc1NC(=O)/C=C/CC[C@H](Oc1ccccc1)[C@@H](OC(=O)Nc1ccc(Br)cc1)c1ccccc1OCCO. The summed E-state index contributed by atoms with van der Waals surface area (Å²) in [5.74, 6) is 0.697. The molecule has 0 saturated heterocycles. The number of amides is 2.